The van der Waals surface area contributed by atoms with Crippen LogP contribution in [0, 0.1) is 12.3 Å². The number of hydrogen-bond donors (Lipinski definition) is 0. The van der Waals surface area contributed by atoms with Gasteiger partial charge in [-0.25, -0.2) is 4.99 Å². The molecule has 2 fully saturated rings. The van der Waals surface area contributed by atoms with Crippen molar-refractivity contribution < 1.29 is 14.3 Å². The molecule has 170 valence electrons. The molecule has 0 spiro atoms. The number of hydrogen-bond acceptors (Lipinski definition) is 5. The minimum absolute atomic E-state index is 0.0238. The zero-order valence-corrected chi connectivity index (χ0v) is 20.0. The Morgan fingerprint density at radius 1 is 1.24 bits per heavy atom. The number of halogens is 1. The Labute approximate surface area is 203 Å². The number of nitrogens with zero attached hydrogens (tertiary/aromatic N) is 2. The molecule has 5 nitrogen and oxygen atoms in total. The van der Waals surface area contributed by atoms with Gasteiger partial charge in [-0.1, -0.05) is 55.0 Å². The maximum absolute atomic E-state index is 13.5. The number of amides is 1. The lowest BCUT2D eigenvalue weighted by atomic mass is 9.94. The molecule has 1 aliphatic carbocycles. The normalized spacial score (nSPS) is 19.2. The molecule has 2 aromatic rings. The second-order valence-electron chi connectivity index (χ2n) is 7.83. The van der Waals surface area contributed by atoms with Gasteiger partial charge < -0.3 is 9.47 Å². The van der Waals surface area contributed by atoms with Crippen LogP contribution >= 0.6 is 23.4 Å². The van der Waals surface area contributed by atoms with E-state index in [9.17, 15) is 4.79 Å². The highest BCUT2D eigenvalue weighted by atomic mass is 35.5. The minimum atomic E-state index is -0.0238. The molecule has 0 N–H and O–H groups in total. The fourth-order valence-electron chi connectivity index (χ4n) is 4.07. The summed E-state index contributed by atoms with van der Waals surface area (Å²) in [5, 5.41) is 1.09. The maximum atomic E-state index is 13.5. The first-order chi connectivity index (χ1) is 16.1. The zero-order valence-electron chi connectivity index (χ0n) is 18.4. The SMILES string of the molecule is C#CCOc1c(Cl)cc(/C=C2\SC(=Nc3ccccc3)N(C3CCCCC3)C2=O)cc1OC. The molecule has 2 aliphatic rings. The molecule has 2 aromatic carbocycles. The standard InChI is InChI=1S/C26H25ClN2O3S/c1-3-14-32-24-21(27)15-18(16-22(24)31-2)17-23-25(30)29(20-12-8-5-9-13-20)26(33-23)28-19-10-6-4-7-11-19/h1,4,6-7,10-11,15-17,20H,5,8-9,12-14H2,2H3/b23-17-,28-26?. The van der Waals surface area contributed by atoms with Crippen LogP contribution in [0.3, 0.4) is 0 Å². The molecule has 1 aliphatic heterocycles. The fourth-order valence-corrected chi connectivity index (χ4v) is 5.40. The van der Waals surface area contributed by atoms with E-state index < -0.39 is 0 Å². The van der Waals surface area contributed by atoms with Gasteiger partial charge in [0.1, 0.15) is 6.61 Å². The van der Waals surface area contributed by atoms with Crippen molar-refractivity contribution in [2.75, 3.05) is 13.7 Å². The molecule has 1 saturated carbocycles. The van der Waals surface area contributed by atoms with Crippen LogP contribution in [0.25, 0.3) is 6.08 Å². The Morgan fingerprint density at radius 3 is 2.70 bits per heavy atom. The number of benzene rings is 2. The molecule has 0 atom stereocenters. The van der Waals surface area contributed by atoms with Crippen molar-refractivity contribution >= 4 is 46.2 Å². The highest BCUT2D eigenvalue weighted by molar-refractivity contribution is 8.18. The van der Waals surface area contributed by atoms with Gasteiger partial charge in [0, 0.05) is 6.04 Å². The van der Waals surface area contributed by atoms with Crippen LogP contribution in [0.4, 0.5) is 5.69 Å². The molecule has 1 saturated heterocycles. The summed E-state index contributed by atoms with van der Waals surface area (Å²) in [6.45, 7) is 0.0838. The molecule has 0 aromatic heterocycles. The van der Waals surface area contributed by atoms with Gasteiger partial charge in [-0.3, -0.25) is 9.69 Å². The van der Waals surface area contributed by atoms with Gasteiger partial charge in [-0.05, 0) is 60.5 Å². The largest absolute Gasteiger partial charge is 0.493 e. The Morgan fingerprint density at radius 2 is 2.00 bits per heavy atom. The number of rotatable bonds is 6. The number of terminal acetylenes is 1. The molecule has 4 rings (SSSR count). The molecule has 0 bridgehead atoms. The van der Waals surface area contributed by atoms with E-state index >= 15 is 0 Å². The lowest BCUT2D eigenvalue weighted by molar-refractivity contribution is -0.124. The zero-order chi connectivity index (χ0) is 23.2. The van der Waals surface area contributed by atoms with Gasteiger partial charge in [-0.15, -0.1) is 6.42 Å². The summed E-state index contributed by atoms with van der Waals surface area (Å²) in [6.07, 6.45) is 12.6. The van der Waals surface area contributed by atoms with Gasteiger partial charge in [0.25, 0.3) is 5.91 Å². The minimum Gasteiger partial charge on any atom is -0.493 e. The number of aliphatic imine (C=N–C) groups is 1. The van der Waals surface area contributed by atoms with E-state index in [0.29, 0.717) is 21.4 Å². The van der Waals surface area contributed by atoms with Gasteiger partial charge >= 0.3 is 0 Å². The lowest BCUT2D eigenvalue weighted by Gasteiger charge is -2.30. The Hall–Kier alpha value is -2.88. The molecule has 1 heterocycles. The summed E-state index contributed by atoms with van der Waals surface area (Å²) in [5.41, 5.74) is 1.57. The first-order valence-corrected chi connectivity index (χ1v) is 12.1. The fraction of sp³-hybridized carbons (Fsp3) is 0.308. The highest BCUT2D eigenvalue weighted by Crippen LogP contribution is 2.41. The number of ether oxygens (including phenoxy) is 2. The summed E-state index contributed by atoms with van der Waals surface area (Å²) in [6, 6.07) is 13.4. The van der Waals surface area contributed by atoms with Crippen LogP contribution in [0.15, 0.2) is 52.4 Å². The third-order valence-electron chi connectivity index (χ3n) is 5.61. The van der Waals surface area contributed by atoms with E-state index in [1.54, 1.807) is 12.1 Å². The van der Waals surface area contributed by atoms with Crippen molar-refractivity contribution in [3.8, 4) is 23.8 Å². The molecule has 1 amide bonds. The molecular weight excluding hydrogens is 456 g/mol. The first-order valence-electron chi connectivity index (χ1n) is 10.9. The maximum Gasteiger partial charge on any atom is 0.267 e. The number of amidine groups is 1. The summed E-state index contributed by atoms with van der Waals surface area (Å²) in [7, 11) is 1.54. The average Bonchev–Trinajstić information content (AvgIpc) is 3.13. The van der Waals surface area contributed by atoms with E-state index in [4.69, 9.17) is 32.5 Å². The monoisotopic (exact) mass is 480 g/mol. The Bertz CT molecular complexity index is 1120. The molecule has 7 heteroatoms. The van der Waals surface area contributed by atoms with Crippen LogP contribution in [0.2, 0.25) is 5.02 Å². The number of carbonyl (C=O) groups excluding carboxylic acids is 1. The van der Waals surface area contributed by atoms with Crippen LogP contribution in [0.5, 0.6) is 11.5 Å². The quantitative estimate of drug-likeness (QED) is 0.359. The summed E-state index contributed by atoms with van der Waals surface area (Å²) in [5.74, 6) is 3.25. The van der Waals surface area contributed by atoms with Crippen molar-refractivity contribution in [1.82, 2.24) is 4.90 Å². The summed E-state index contributed by atoms with van der Waals surface area (Å²) in [4.78, 5) is 20.8. The van der Waals surface area contributed by atoms with Crippen molar-refractivity contribution in [3.63, 3.8) is 0 Å². The van der Waals surface area contributed by atoms with Crippen molar-refractivity contribution in [3.05, 3.63) is 58.0 Å². The topological polar surface area (TPSA) is 51.1 Å². The lowest BCUT2D eigenvalue weighted by Crippen LogP contribution is -2.40. The molecule has 0 unspecified atom stereocenters. The number of para-hydroxylation sites is 1. The van der Waals surface area contributed by atoms with E-state index in [2.05, 4.69) is 5.92 Å². The van der Waals surface area contributed by atoms with Crippen LogP contribution < -0.4 is 9.47 Å². The molecular formula is C26H25ClN2O3S. The smallest absolute Gasteiger partial charge is 0.267 e. The summed E-state index contributed by atoms with van der Waals surface area (Å²) >= 11 is 7.82. The highest BCUT2D eigenvalue weighted by Gasteiger charge is 2.38. The van der Waals surface area contributed by atoms with E-state index in [-0.39, 0.29) is 18.6 Å². The van der Waals surface area contributed by atoms with E-state index in [1.165, 1.54) is 25.3 Å². The second kappa shape index (κ2) is 10.8. The van der Waals surface area contributed by atoms with Crippen LogP contribution in [0.1, 0.15) is 37.7 Å². The van der Waals surface area contributed by atoms with Crippen molar-refractivity contribution in [2.45, 2.75) is 38.1 Å². The predicted molar refractivity (Wildman–Crippen MR) is 135 cm³/mol. The van der Waals surface area contributed by atoms with Crippen molar-refractivity contribution in [2.24, 2.45) is 4.99 Å². The van der Waals surface area contributed by atoms with Gasteiger partial charge in [0.2, 0.25) is 0 Å². The van der Waals surface area contributed by atoms with Gasteiger partial charge in [-0.2, -0.15) is 0 Å². The van der Waals surface area contributed by atoms with E-state index in [1.807, 2.05) is 41.3 Å². The number of carbonyl (C=O) groups is 1. The summed E-state index contributed by atoms with van der Waals surface area (Å²) < 4.78 is 11.0. The molecule has 0 radical (unpaired) electrons. The van der Waals surface area contributed by atoms with Crippen molar-refractivity contribution in [1.29, 1.82) is 0 Å². The van der Waals surface area contributed by atoms with Gasteiger partial charge in [0.05, 0.1) is 22.7 Å². The Kier molecular flexibility index (Phi) is 7.64. The first kappa shape index (κ1) is 23.3. The predicted octanol–water partition coefficient (Wildman–Crippen LogP) is 6.30. The van der Waals surface area contributed by atoms with Crippen LogP contribution in [-0.4, -0.2) is 35.7 Å². The molecule has 33 heavy (non-hydrogen) atoms. The number of thioether (sulfide) groups is 1. The van der Waals surface area contributed by atoms with Crippen LogP contribution in [-0.2, 0) is 4.79 Å². The third-order valence-corrected chi connectivity index (χ3v) is 6.87. The average molecular weight is 481 g/mol. The number of methoxy groups -OCH3 is 1. The van der Waals surface area contributed by atoms with E-state index in [0.717, 1.165) is 42.1 Å². The second-order valence-corrected chi connectivity index (χ2v) is 9.25. The Balaban J connectivity index is 1.69. The third kappa shape index (κ3) is 5.38. The van der Waals surface area contributed by atoms with Gasteiger partial charge in [0.15, 0.2) is 16.7 Å².